The zero-order chi connectivity index (χ0) is 22.5. The molecule has 0 atom stereocenters. The molecule has 32 heavy (non-hydrogen) atoms. The van der Waals surface area contributed by atoms with Gasteiger partial charge in [0.25, 0.3) is 5.56 Å². The molecule has 0 bridgehead atoms. The van der Waals surface area contributed by atoms with E-state index in [4.69, 9.17) is 0 Å². The number of hydrogen-bond donors (Lipinski definition) is 2. The Morgan fingerprint density at radius 1 is 1.25 bits per heavy atom. The van der Waals surface area contributed by atoms with Crippen molar-refractivity contribution < 1.29 is 4.79 Å². The van der Waals surface area contributed by atoms with Crippen LogP contribution in [-0.4, -0.2) is 46.7 Å². The first kappa shape index (κ1) is 21.2. The van der Waals surface area contributed by atoms with Crippen molar-refractivity contribution in [3.8, 4) is 17.2 Å². The third-order valence-corrected chi connectivity index (χ3v) is 4.91. The predicted molar refractivity (Wildman–Crippen MR) is 118 cm³/mol. The highest BCUT2D eigenvalue weighted by molar-refractivity contribution is 5.75. The lowest BCUT2D eigenvalue weighted by atomic mass is 10.0. The summed E-state index contributed by atoms with van der Waals surface area (Å²) in [4.78, 5) is 40.8. The maximum atomic E-state index is 12.8. The van der Waals surface area contributed by atoms with Gasteiger partial charge in [-0.2, -0.15) is 5.10 Å². The number of rotatable bonds is 8. The Hall–Kier alpha value is -4.08. The molecule has 10 nitrogen and oxygen atoms in total. The van der Waals surface area contributed by atoms with Crippen LogP contribution in [0.15, 0.2) is 60.3 Å². The smallest absolute Gasteiger partial charge is 0.256 e. The minimum absolute atomic E-state index is 0.0451. The highest BCUT2D eigenvalue weighted by Crippen LogP contribution is 2.24. The van der Waals surface area contributed by atoms with Crippen LogP contribution in [0.5, 0.6) is 0 Å². The van der Waals surface area contributed by atoms with Gasteiger partial charge in [-0.1, -0.05) is 19.9 Å². The van der Waals surface area contributed by atoms with Crippen LogP contribution in [0.3, 0.4) is 0 Å². The number of hydrogen-bond acceptors (Lipinski definition) is 6. The summed E-state index contributed by atoms with van der Waals surface area (Å²) in [6.45, 7) is 4.43. The van der Waals surface area contributed by atoms with Crippen LogP contribution in [0.25, 0.3) is 17.2 Å². The second kappa shape index (κ2) is 9.38. The fraction of sp³-hybridized carbons (Fsp3) is 0.273. The summed E-state index contributed by atoms with van der Waals surface area (Å²) in [6, 6.07) is 5.70. The van der Waals surface area contributed by atoms with Crippen molar-refractivity contribution in [2.24, 2.45) is 0 Å². The molecule has 2 N–H and O–H groups in total. The molecule has 4 heterocycles. The number of nitrogens with zero attached hydrogens (tertiary/aromatic N) is 6. The van der Waals surface area contributed by atoms with Gasteiger partial charge in [0.1, 0.15) is 12.9 Å². The van der Waals surface area contributed by atoms with Gasteiger partial charge in [-0.25, -0.2) is 9.97 Å². The largest absolute Gasteiger partial charge is 0.354 e. The zero-order valence-electron chi connectivity index (χ0n) is 17.9. The average molecular weight is 432 g/mol. The number of carbonyl (C=O) groups is 1. The van der Waals surface area contributed by atoms with Gasteiger partial charge >= 0.3 is 0 Å². The van der Waals surface area contributed by atoms with E-state index in [1.807, 2.05) is 32.0 Å². The van der Waals surface area contributed by atoms with Gasteiger partial charge in [0.2, 0.25) is 11.9 Å². The van der Waals surface area contributed by atoms with Crippen LogP contribution < -0.4 is 10.9 Å². The number of pyridine rings is 1. The van der Waals surface area contributed by atoms with E-state index in [-0.39, 0.29) is 23.9 Å². The number of aromatic amines is 1. The number of amides is 1. The average Bonchev–Trinajstić information content (AvgIpc) is 3.46. The summed E-state index contributed by atoms with van der Waals surface area (Å²) in [5, 5.41) is 7.17. The van der Waals surface area contributed by atoms with E-state index in [1.54, 1.807) is 41.9 Å². The lowest BCUT2D eigenvalue weighted by molar-refractivity contribution is -0.121. The molecule has 164 valence electrons. The van der Waals surface area contributed by atoms with Gasteiger partial charge in [0.15, 0.2) is 0 Å². The molecule has 4 aromatic heterocycles. The first-order valence-corrected chi connectivity index (χ1v) is 10.3. The SMILES string of the molecule is CC(C)c1c(-c2cnn(CC(=O)NCCc3ccccn3)c2)nc(-n2ccnc2)[nH]c1=O. The first-order chi connectivity index (χ1) is 15.5. The molecule has 1 amide bonds. The summed E-state index contributed by atoms with van der Waals surface area (Å²) in [7, 11) is 0. The van der Waals surface area contributed by atoms with Crippen molar-refractivity contribution in [2.75, 3.05) is 6.54 Å². The Morgan fingerprint density at radius 3 is 2.84 bits per heavy atom. The van der Waals surface area contributed by atoms with Crippen LogP contribution in [0.4, 0.5) is 0 Å². The number of imidazole rings is 1. The van der Waals surface area contributed by atoms with Crippen molar-refractivity contribution in [3.05, 3.63) is 77.1 Å². The Bertz CT molecular complexity index is 1240. The monoisotopic (exact) mass is 432 g/mol. The summed E-state index contributed by atoms with van der Waals surface area (Å²) < 4.78 is 3.17. The molecular formula is C22H24N8O2. The van der Waals surface area contributed by atoms with E-state index in [1.165, 1.54) is 4.68 Å². The van der Waals surface area contributed by atoms with E-state index in [2.05, 4.69) is 30.4 Å². The maximum absolute atomic E-state index is 12.8. The number of aromatic nitrogens is 7. The molecule has 0 saturated carbocycles. The van der Waals surface area contributed by atoms with E-state index in [0.29, 0.717) is 35.7 Å². The number of carbonyl (C=O) groups excluding carboxylic acids is 1. The van der Waals surface area contributed by atoms with Gasteiger partial charge in [-0.3, -0.25) is 28.8 Å². The van der Waals surface area contributed by atoms with Gasteiger partial charge in [-0.15, -0.1) is 0 Å². The molecular weight excluding hydrogens is 408 g/mol. The molecule has 4 aromatic rings. The van der Waals surface area contributed by atoms with Gasteiger partial charge in [0.05, 0.1) is 11.9 Å². The topological polar surface area (TPSA) is 123 Å². The molecule has 0 fully saturated rings. The van der Waals surface area contributed by atoms with Crippen molar-refractivity contribution in [3.63, 3.8) is 0 Å². The number of nitrogens with one attached hydrogen (secondary N) is 2. The van der Waals surface area contributed by atoms with Gasteiger partial charge in [0, 0.05) is 54.6 Å². The lowest BCUT2D eigenvalue weighted by Crippen LogP contribution is -2.29. The fourth-order valence-corrected chi connectivity index (χ4v) is 3.38. The van der Waals surface area contributed by atoms with Gasteiger partial charge in [-0.05, 0) is 18.1 Å². The fourth-order valence-electron chi connectivity index (χ4n) is 3.38. The summed E-state index contributed by atoms with van der Waals surface area (Å²) in [6.07, 6.45) is 10.6. The minimum Gasteiger partial charge on any atom is -0.354 e. The van der Waals surface area contributed by atoms with E-state index < -0.39 is 0 Å². The Kier molecular flexibility index (Phi) is 6.20. The van der Waals surface area contributed by atoms with Crippen LogP contribution in [-0.2, 0) is 17.8 Å². The molecule has 0 unspecified atom stereocenters. The third-order valence-electron chi connectivity index (χ3n) is 4.91. The van der Waals surface area contributed by atoms with Crippen molar-refractivity contribution in [1.82, 2.24) is 39.6 Å². The highest BCUT2D eigenvalue weighted by atomic mass is 16.2. The Morgan fingerprint density at radius 2 is 2.12 bits per heavy atom. The van der Waals surface area contributed by atoms with Crippen LogP contribution >= 0.6 is 0 Å². The van der Waals surface area contributed by atoms with Crippen molar-refractivity contribution >= 4 is 5.91 Å². The second-order valence-corrected chi connectivity index (χ2v) is 7.62. The second-order valence-electron chi connectivity index (χ2n) is 7.62. The van der Waals surface area contributed by atoms with E-state index in [9.17, 15) is 9.59 Å². The summed E-state index contributed by atoms with van der Waals surface area (Å²) in [5.41, 5.74) is 2.48. The van der Waals surface area contributed by atoms with Crippen LogP contribution in [0.1, 0.15) is 31.0 Å². The molecule has 0 aliphatic rings. The minimum atomic E-state index is -0.214. The van der Waals surface area contributed by atoms with Crippen molar-refractivity contribution in [2.45, 2.75) is 32.7 Å². The quantitative estimate of drug-likeness (QED) is 0.437. The molecule has 0 aliphatic carbocycles. The highest BCUT2D eigenvalue weighted by Gasteiger charge is 2.18. The molecule has 0 saturated heterocycles. The molecule has 0 radical (unpaired) electrons. The normalized spacial score (nSPS) is 11.1. The third kappa shape index (κ3) is 4.80. The standard InChI is InChI=1S/C22H24N8O2/c1-15(2)19-20(27-22(28-21(19)32)29-10-9-23-14-29)16-11-26-30(12-16)13-18(31)25-8-6-17-5-3-4-7-24-17/h3-5,7,9-12,14-15H,6,8,13H2,1-2H3,(H,25,31)(H,27,28,32). The van der Waals surface area contributed by atoms with Crippen LogP contribution in [0, 0.1) is 0 Å². The summed E-state index contributed by atoms with van der Waals surface area (Å²) in [5.74, 6) is 0.167. The molecule has 4 rings (SSSR count). The Labute approximate surface area is 184 Å². The zero-order valence-corrected chi connectivity index (χ0v) is 17.9. The molecule has 0 aliphatic heterocycles. The molecule has 0 aromatic carbocycles. The van der Waals surface area contributed by atoms with E-state index >= 15 is 0 Å². The van der Waals surface area contributed by atoms with Crippen molar-refractivity contribution in [1.29, 1.82) is 0 Å². The number of H-pyrrole nitrogens is 1. The van der Waals surface area contributed by atoms with Gasteiger partial charge < -0.3 is 5.32 Å². The van der Waals surface area contributed by atoms with Crippen LogP contribution in [0.2, 0.25) is 0 Å². The molecule has 10 heteroatoms. The first-order valence-electron chi connectivity index (χ1n) is 10.3. The summed E-state index contributed by atoms with van der Waals surface area (Å²) >= 11 is 0. The molecule has 0 spiro atoms. The van der Waals surface area contributed by atoms with E-state index in [0.717, 1.165) is 5.69 Å². The lowest BCUT2D eigenvalue weighted by Gasteiger charge is -2.11. The Balaban J connectivity index is 1.50. The maximum Gasteiger partial charge on any atom is 0.256 e. The predicted octanol–water partition coefficient (Wildman–Crippen LogP) is 1.70.